The largest absolute Gasteiger partial charge is 0.387 e. The third-order valence-electron chi connectivity index (χ3n) is 3.50. The molecule has 0 radical (unpaired) electrons. The first-order valence-corrected chi connectivity index (χ1v) is 7.76. The lowest BCUT2D eigenvalue weighted by Crippen LogP contribution is -2.38. The predicted molar refractivity (Wildman–Crippen MR) is 76.9 cm³/mol. The third kappa shape index (κ3) is 5.66. The SMILES string of the molecule is CCCCOC[C@H]1O[C@@H](COC)C(O)[C@H]1OCCCC. The molecule has 1 rings (SSSR count). The molecule has 1 saturated heterocycles. The highest BCUT2D eigenvalue weighted by Crippen LogP contribution is 2.25. The minimum atomic E-state index is -0.647. The Morgan fingerprint density at radius 3 is 2.35 bits per heavy atom. The molecule has 1 unspecified atom stereocenters. The predicted octanol–water partition coefficient (Wildman–Crippen LogP) is 1.76. The molecule has 20 heavy (non-hydrogen) atoms. The van der Waals surface area contributed by atoms with E-state index in [-0.39, 0.29) is 18.3 Å². The fraction of sp³-hybridized carbons (Fsp3) is 1.00. The van der Waals surface area contributed by atoms with Gasteiger partial charge in [0.15, 0.2) is 0 Å². The summed E-state index contributed by atoms with van der Waals surface area (Å²) in [5.74, 6) is 0. The van der Waals surface area contributed by atoms with Gasteiger partial charge in [-0.3, -0.25) is 0 Å². The number of unbranched alkanes of at least 4 members (excludes halogenated alkanes) is 2. The molecule has 0 saturated carbocycles. The van der Waals surface area contributed by atoms with Gasteiger partial charge in [0, 0.05) is 20.3 Å². The maximum absolute atomic E-state index is 10.3. The minimum Gasteiger partial charge on any atom is -0.387 e. The highest BCUT2D eigenvalue weighted by molar-refractivity contribution is 4.91. The average Bonchev–Trinajstić information content (AvgIpc) is 2.73. The first-order valence-electron chi connectivity index (χ1n) is 7.76. The second-order valence-corrected chi connectivity index (χ2v) is 5.28. The molecule has 0 spiro atoms. The Balaban J connectivity index is 2.43. The smallest absolute Gasteiger partial charge is 0.114 e. The van der Waals surface area contributed by atoms with Gasteiger partial charge >= 0.3 is 0 Å². The topological polar surface area (TPSA) is 57.2 Å². The number of rotatable bonds is 11. The third-order valence-corrected chi connectivity index (χ3v) is 3.50. The van der Waals surface area contributed by atoms with Crippen LogP contribution in [-0.2, 0) is 18.9 Å². The molecule has 0 bridgehead atoms. The zero-order valence-corrected chi connectivity index (χ0v) is 13.0. The molecule has 0 aromatic rings. The van der Waals surface area contributed by atoms with Crippen molar-refractivity contribution in [3.63, 3.8) is 0 Å². The van der Waals surface area contributed by atoms with Crippen LogP contribution in [0.3, 0.4) is 0 Å². The second-order valence-electron chi connectivity index (χ2n) is 5.28. The van der Waals surface area contributed by atoms with Gasteiger partial charge in [-0.15, -0.1) is 0 Å². The van der Waals surface area contributed by atoms with Gasteiger partial charge in [-0.2, -0.15) is 0 Å². The van der Waals surface area contributed by atoms with E-state index in [0.717, 1.165) is 32.3 Å². The van der Waals surface area contributed by atoms with Gasteiger partial charge in [0.25, 0.3) is 0 Å². The van der Waals surface area contributed by atoms with Crippen LogP contribution in [0.2, 0.25) is 0 Å². The lowest BCUT2D eigenvalue weighted by atomic mass is 10.1. The second kappa shape index (κ2) is 10.5. The molecule has 1 heterocycles. The van der Waals surface area contributed by atoms with Crippen molar-refractivity contribution in [2.24, 2.45) is 0 Å². The summed E-state index contributed by atoms with van der Waals surface area (Å²) in [6, 6.07) is 0. The summed E-state index contributed by atoms with van der Waals surface area (Å²) in [6.45, 7) is 6.46. The Hall–Kier alpha value is -0.200. The van der Waals surface area contributed by atoms with Crippen molar-refractivity contribution in [3.8, 4) is 0 Å². The maximum atomic E-state index is 10.3. The molecule has 1 aliphatic rings. The van der Waals surface area contributed by atoms with Crippen molar-refractivity contribution in [2.75, 3.05) is 33.5 Å². The van der Waals surface area contributed by atoms with Crippen molar-refractivity contribution in [1.29, 1.82) is 0 Å². The molecule has 5 heteroatoms. The van der Waals surface area contributed by atoms with E-state index in [0.29, 0.717) is 19.8 Å². The van der Waals surface area contributed by atoms with Crippen molar-refractivity contribution in [1.82, 2.24) is 0 Å². The Labute approximate surface area is 122 Å². The van der Waals surface area contributed by atoms with Crippen LogP contribution in [0.5, 0.6) is 0 Å². The van der Waals surface area contributed by atoms with Gasteiger partial charge < -0.3 is 24.1 Å². The number of aliphatic hydroxyl groups excluding tert-OH is 1. The van der Waals surface area contributed by atoms with E-state index in [9.17, 15) is 5.11 Å². The zero-order valence-electron chi connectivity index (χ0n) is 13.0. The first-order chi connectivity index (χ1) is 9.74. The summed E-state index contributed by atoms with van der Waals surface area (Å²) in [5, 5.41) is 10.3. The van der Waals surface area contributed by atoms with E-state index in [2.05, 4.69) is 13.8 Å². The number of aliphatic hydroxyl groups is 1. The lowest BCUT2D eigenvalue weighted by molar-refractivity contribution is -0.0740. The maximum Gasteiger partial charge on any atom is 0.114 e. The summed E-state index contributed by atoms with van der Waals surface area (Å²) in [6.07, 6.45) is 2.71. The van der Waals surface area contributed by atoms with Gasteiger partial charge in [0.2, 0.25) is 0 Å². The highest BCUT2D eigenvalue weighted by atomic mass is 16.6. The highest BCUT2D eigenvalue weighted by Gasteiger charge is 2.44. The number of hydrogen-bond acceptors (Lipinski definition) is 5. The van der Waals surface area contributed by atoms with E-state index in [4.69, 9.17) is 18.9 Å². The lowest BCUT2D eigenvalue weighted by Gasteiger charge is -2.21. The molecule has 0 aliphatic carbocycles. The quantitative estimate of drug-likeness (QED) is 0.588. The van der Waals surface area contributed by atoms with Crippen LogP contribution in [0.25, 0.3) is 0 Å². The average molecular weight is 290 g/mol. The molecule has 1 fully saturated rings. The summed E-state index contributed by atoms with van der Waals surface area (Å²) in [5.41, 5.74) is 0. The molecule has 1 N–H and O–H groups in total. The normalized spacial score (nSPS) is 30.0. The standard InChI is InChI=1S/C15H30O5/c1-4-6-8-18-11-13-15(19-9-7-5-2)14(16)12(20-13)10-17-3/h12-16H,4-11H2,1-3H3/t12-,13+,14?,15-/m0/s1. The van der Waals surface area contributed by atoms with Crippen LogP contribution in [0.4, 0.5) is 0 Å². The van der Waals surface area contributed by atoms with E-state index in [1.54, 1.807) is 7.11 Å². The summed E-state index contributed by atoms with van der Waals surface area (Å²) in [4.78, 5) is 0. The molecule has 5 nitrogen and oxygen atoms in total. The Kier molecular flexibility index (Phi) is 9.39. The fourth-order valence-electron chi connectivity index (χ4n) is 2.27. The molecule has 0 aromatic heterocycles. The van der Waals surface area contributed by atoms with Gasteiger partial charge in [-0.25, -0.2) is 0 Å². The van der Waals surface area contributed by atoms with Crippen LogP contribution in [0.1, 0.15) is 39.5 Å². The summed E-state index contributed by atoms with van der Waals surface area (Å²) in [7, 11) is 1.61. The van der Waals surface area contributed by atoms with E-state index >= 15 is 0 Å². The van der Waals surface area contributed by atoms with Crippen molar-refractivity contribution < 1.29 is 24.1 Å². The molecular formula is C15H30O5. The van der Waals surface area contributed by atoms with Crippen molar-refractivity contribution in [2.45, 2.75) is 63.9 Å². The molecule has 0 amide bonds. The monoisotopic (exact) mass is 290 g/mol. The van der Waals surface area contributed by atoms with Gasteiger partial charge in [-0.1, -0.05) is 26.7 Å². The van der Waals surface area contributed by atoms with Crippen LogP contribution in [0.15, 0.2) is 0 Å². The van der Waals surface area contributed by atoms with Crippen LogP contribution >= 0.6 is 0 Å². The summed E-state index contributed by atoms with van der Waals surface area (Å²) >= 11 is 0. The fourth-order valence-corrected chi connectivity index (χ4v) is 2.27. The number of methoxy groups -OCH3 is 1. The van der Waals surface area contributed by atoms with E-state index in [1.807, 2.05) is 0 Å². The van der Waals surface area contributed by atoms with E-state index in [1.165, 1.54) is 0 Å². The van der Waals surface area contributed by atoms with Gasteiger partial charge in [-0.05, 0) is 12.8 Å². The molecule has 4 atom stereocenters. The molecule has 120 valence electrons. The van der Waals surface area contributed by atoms with Crippen LogP contribution in [-0.4, -0.2) is 63.1 Å². The van der Waals surface area contributed by atoms with Crippen molar-refractivity contribution in [3.05, 3.63) is 0 Å². The Morgan fingerprint density at radius 2 is 1.70 bits per heavy atom. The Morgan fingerprint density at radius 1 is 1.00 bits per heavy atom. The van der Waals surface area contributed by atoms with Gasteiger partial charge in [0.1, 0.15) is 24.4 Å². The van der Waals surface area contributed by atoms with Crippen LogP contribution < -0.4 is 0 Å². The molecule has 0 aromatic carbocycles. The zero-order chi connectivity index (χ0) is 14.8. The number of hydrogen-bond donors (Lipinski definition) is 1. The number of ether oxygens (including phenoxy) is 4. The van der Waals surface area contributed by atoms with Gasteiger partial charge in [0.05, 0.1) is 13.2 Å². The van der Waals surface area contributed by atoms with Crippen molar-refractivity contribution >= 4 is 0 Å². The van der Waals surface area contributed by atoms with Crippen LogP contribution in [0, 0.1) is 0 Å². The molecule has 1 aliphatic heterocycles. The summed E-state index contributed by atoms with van der Waals surface area (Å²) < 4.78 is 22.3. The first kappa shape index (κ1) is 17.9. The minimum absolute atomic E-state index is 0.209. The van der Waals surface area contributed by atoms with E-state index < -0.39 is 6.10 Å². The molecular weight excluding hydrogens is 260 g/mol. The Bertz CT molecular complexity index is 236.